The van der Waals surface area contributed by atoms with Gasteiger partial charge in [-0.3, -0.25) is 19.5 Å². The number of nitrogens with zero attached hydrogens (tertiary/aromatic N) is 2. The van der Waals surface area contributed by atoms with E-state index in [4.69, 9.17) is 4.74 Å². The summed E-state index contributed by atoms with van der Waals surface area (Å²) < 4.78 is 8.22. The first-order valence-corrected chi connectivity index (χ1v) is 12.3. The van der Waals surface area contributed by atoms with E-state index < -0.39 is 22.8 Å². The van der Waals surface area contributed by atoms with Crippen molar-refractivity contribution in [2.75, 3.05) is 10.7 Å². The lowest BCUT2D eigenvalue weighted by molar-refractivity contribution is 0.0636. The van der Waals surface area contributed by atoms with Gasteiger partial charge in [0.2, 0.25) is 5.88 Å². The number of nitrogens with one attached hydrogen (secondary N) is 3. The molecule has 36 heavy (non-hydrogen) atoms. The number of ether oxygens (including phenoxy) is 1. The molecule has 2 heterocycles. The van der Waals surface area contributed by atoms with Crippen LogP contribution in [0.2, 0.25) is 0 Å². The minimum absolute atomic E-state index is 0.0856. The molecule has 10 nitrogen and oxygen atoms in total. The normalized spacial score (nSPS) is 18.0. The average molecular weight is 498 g/mol. The molecule has 0 radical (unpaired) electrons. The van der Waals surface area contributed by atoms with Crippen molar-refractivity contribution < 1.29 is 14.6 Å². The predicted octanol–water partition coefficient (Wildman–Crippen LogP) is 1.53. The van der Waals surface area contributed by atoms with Gasteiger partial charge in [0.05, 0.1) is 6.04 Å². The summed E-state index contributed by atoms with van der Waals surface area (Å²) in [6, 6.07) is 6.96. The van der Waals surface area contributed by atoms with Crippen LogP contribution >= 0.6 is 0 Å². The maximum Gasteiger partial charge on any atom is 0.412 e. The molecule has 4 rings (SSSR count). The van der Waals surface area contributed by atoms with Crippen LogP contribution in [0.15, 0.2) is 33.9 Å². The molecule has 0 saturated heterocycles. The van der Waals surface area contributed by atoms with Crippen LogP contribution in [0.25, 0.3) is 11.5 Å². The molecule has 2 aromatic rings. The lowest BCUT2D eigenvalue weighted by atomic mass is 10.0. The Morgan fingerprint density at radius 1 is 1.17 bits per heavy atom. The summed E-state index contributed by atoms with van der Waals surface area (Å²) in [6.07, 6.45) is 1.23. The lowest BCUT2D eigenvalue weighted by Crippen LogP contribution is -2.60. The van der Waals surface area contributed by atoms with Gasteiger partial charge in [-0.25, -0.2) is 9.47 Å². The van der Waals surface area contributed by atoms with Crippen molar-refractivity contribution in [1.29, 1.82) is 0 Å². The second-order valence-electron chi connectivity index (χ2n) is 10.9. The third-order valence-corrected chi connectivity index (χ3v) is 5.88. The van der Waals surface area contributed by atoms with Crippen molar-refractivity contribution in [2.45, 2.75) is 78.6 Å². The first-order chi connectivity index (χ1) is 16.9. The lowest BCUT2D eigenvalue weighted by Gasteiger charge is -2.19. The summed E-state index contributed by atoms with van der Waals surface area (Å²) in [6.45, 7) is 11.6. The number of anilines is 1. The van der Waals surface area contributed by atoms with E-state index in [9.17, 15) is 19.5 Å². The van der Waals surface area contributed by atoms with Crippen molar-refractivity contribution >= 4 is 23.2 Å². The fraction of sp³-hybridized carbons (Fsp3) is 0.500. The Balaban J connectivity index is 1.84. The zero-order chi connectivity index (χ0) is 26.4. The highest BCUT2D eigenvalue weighted by Crippen LogP contribution is 2.21. The van der Waals surface area contributed by atoms with Crippen molar-refractivity contribution in [2.24, 2.45) is 5.92 Å². The number of aliphatic hydroxyl groups excluding tert-OH is 1. The number of aromatic nitrogens is 2. The Labute approximate surface area is 209 Å². The first-order valence-electron chi connectivity index (χ1n) is 12.3. The zero-order valence-electron chi connectivity index (χ0n) is 21.6. The fourth-order valence-corrected chi connectivity index (χ4v) is 4.25. The number of carbonyl (C=O) groups is 1. The maximum atomic E-state index is 13.5. The summed E-state index contributed by atoms with van der Waals surface area (Å²) in [5.74, 6) is -0.255. The standard InChI is InChI=1S/C26H35N5O5/c1-14(2)13-30-22-19(16-7-9-18(10-8-16)28-25(35)36-26(4,5)6)15(3)29-31(22)24(34)20(23(30)33)21(32)27-17-11-12-17/h7-10,14-15,17,27,29,32H,11-13H2,1-6H3,(H,28,35). The Bertz CT molecular complexity index is 1410. The summed E-state index contributed by atoms with van der Waals surface area (Å²) in [5, 5.41) is 15.9. The number of rotatable bonds is 6. The Hall–Kier alpha value is -3.69. The molecule has 1 fully saturated rings. The SMILES string of the molecule is CC(C)Cn1c(=O)c(=C(O)NC2CC2)c(=O)n2c1=C(c1ccc(NC(=O)OC(C)(C)C)cc1)C(C)N2. The molecule has 1 amide bonds. The average Bonchev–Trinajstić information content (AvgIpc) is 3.50. The van der Waals surface area contributed by atoms with Gasteiger partial charge in [-0.1, -0.05) is 26.0 Å². The molecule has 1 saturated carbocycles. The van der Waals surface area contributed by atoms with E-state index >= 15 is 0 Å². The number of benzene rings is 1. The van der Waals surface area contributed by atoms with Gasteiger partial charge in [0, 0.05) is 23.8 Å². The molecule has 0 spiro atoms. The molecule has 0 bridgehead atoms. The highest BCUT2D eigenvalue weighted by Gasteiger charge is 2.28. The number of hydrogen-bond donors (Lipinski definition) is 4. The monoisotopic (exact) mass is 497 g/mol. The highest BCUT2D eigenvalue weighted by atomic mass is 16.6. The van der Waals surface area contributed by atoms with E-state index in [1.165, 1.54) is 4.68 Å². The van der Waals surface area contributed by atoms with E-state index in [1.54, 1.807) is 37.5 Å². The van der Waals surface area contributed by atoms with Crippen LogP contribution < -0.4 is 37.9 Å². The molecule has 1 unspecified atom stereocenters. The molecule has 1 aliphatic carbocycles. The minimum Gasteiger partial charge on any atom is -0.494 e. The number of carbonyl (C=O) groups excluding carboxylic acids is 1. The summed E-state index contributed by atoms with van der Waals surface area (Å²) >= 11 is 0. The van der Waals surface area contributed by atoms with Gasteiger partial charge in [0.15, 0.2) is 5.22 Å². The van der Waals surface area contributed by atoms with Crippen LogP contribution in [-0.2, 0) is 11.3 Å². The molecule has 1 aromatic heterocycles. The van der Waals surface area contributed by atoms with Crippen LogP contribution in [0, 0.1) is 5.92 Å². The molecule has 2 aliphatic rings. The van der Waals surface area contributed by atoms with Gasteiger partial charge in [-0.2, -0.15) is 0 Å². The van der Waals surface area contributed by atoms with Crippen LogP contribution in [0.5, 0.6) is 0 Å². The topological polar surface area (TPSA) is 127 Å². The van der Waals surface area contributed by atoms with E-state index in [0.717, 1.165) is 24.0 Å². The quantitative estimate of drug-likeness (QED) is 0.477. The van der Waals surface area contributed by atoms with E-state index in [2.05, 4.69) is 16.1 Å². The second-order valence-corrected chi connectivity index (χ2v) is 10.9. The van der Waals surface area contributed by atoms with E-state index in [1.807, 2.05) is 32.9 Å². The summed E-state index contributed by atoms with van der Waals surface area (Å²) in [5.41, 5.74) is 4.02. The Kier molecular flexibility index (Phi) is 6.64. The van der Waals surface area contributed by atoms with Gasteiger partial charge >= 0.3 is 6.09 Å². The maximum absolute atomic E-state index is 13.5. The molecule has 1 aromatic carbocycles. The van der Waals surface area contributed by atoms with E-state index in [-0.39, 0.29) is 29.1 Å². The van der Waals surface area contributed by atoms with E-state index in [0.29, 0.717) is 17.7 Å². The summed E-state index contributed by atoms with van der Waals surface area (Å²) in [4.78, 5) is 39.0. The van der Waals surface area contributed by atoms with Crippen molar-refractivity contribution in [3.05, 3.63) is 61.2 Å². The summed E-state index contributed by atoms with van der Waals surface area (Å²) in [7, 11) is 0. The minimum atomic E-state index is -0.610. The molecule has 1 atom stereocenters. The van der Waals surface area contributed by atoms with Gasteiger partial charge in [0.1, 0.15) is 11.1 Å². The first kappa shape index (κ1) is 25.4. The molecule has 194 valence electrons. The zero-order valence-corrected chi connectivity index (χ0v) is 21.6. The van der Waals surface area contributed by atoms with Crippen LogP contribution in [0.1, 0.15) is 59.9 Å². The molecule has 10 heteroatoms. The largest absolute Gasteiger partial charge is 0.494 e. The third kappa shape index (κ3) is 5.27. The molecule has 4 N–H and O–H groups in total. The number of amides is 1. The van der Waals surface area contributed by atoms with Gasteiger partial charge < -0.3 is 20.6 Å². The second kappa shape index (κ2) is 9.40. The number of fused-ring (bicyclic) bond motifs is 1. The van der Waals surface area contributed by atoms with Crippen LogP contribution in [0.4, 0.5) is 10.5 Å². The van der Waals surface area contributed by atoms with Gasteiger partial charge in [-0.15, -0.1) is 0 Å². The molecule has 1 aliphatic heterocycles. The third-order valence-electron chi connectivity index (χ3n) is 5.88. The fourth-order valence-electron chi connectivity index (χ4n) is 4.25. The van der Waals surface area contributed by atoms with Gasteiger partial charge in [0.25, 0.3) is 11.1 Å². The highest BCUT2D eigenvalue weighted by molar-refractivity contribution is 5.85. The Morgan fingerprint density at radius 2 is 1.81 bits per heavy atom. The van der Waals surface area contributed by atoms with Gasteiger partial charge in [-0.05, 0) is 64.2 Å². The smallest absolute Gasteiger partial charge is 0.412 e. The Morgan fingerprint density at radius 3 is 2.36 bits per heavy atom. The number of aliphatic hydroxyl groups is 1. The van der Waals surface area contributed by atoms with Crippen molar-refractivity contribution in [3.8, 4) is 0 Å². The number of hydrogen-bond acceptors (Lipinski definition) is 7. The van der Waals surface area contributed by atoms with Crippen molar-refractivity contribution in [1.82, 2.24) is 14.6 Å². The van der Waals surface area contributed by atoms with Crippen LogP contribution in [0.3, 0.4) is 0 Å². The van der Waals surface area contributed by atoms with Crippen LogP contribution in [-0.4, -0.2) is 38.1 Å². The van der Waals surface area contributed by atoms with Crippen molar-refractivity contribution in [3.63, 3.8) is 0 Å². The predicted molar refractivity (Wildman–Crippen MR) is 139 cm³/mol. The molecular formula is C26H35N5O5. The molecular weight excluding hydrogens is 462 g/mol.